The summed E-state index contributed by atoms with van der Waals surface area (Å²) in [5, 5.41) is 9.49. The van der Waals surface area contributed by atoms with Crippen molar-refractivity contribution in [3.63, 3.8) is 0 Å². The molecule has 0 aliphatic carbocycles. The summed E-state index contributed by atoms with van der Waals surface area (Å²) in [6.45, 7) is 4.89. The van der Waals surface area contributed by atoms with Crippen LogP contribution in [-0.4, -0.2) is 34.3 Å². The van der Waals surface area contributed by atoms with E-state index < -0.39 is 29.2 Å². The van der Waals surface area contributed by atoms with Crippen LogP contribution in [0.1, 0.15) is 31.9 Å². The van der Waals surface area contributed by atoms with Gasteiger partial charge in [-0.25, -0.2) is 14.4 Å². The van der Waals surface area contributed by atoms with Crippen molar-refractivity contribution in [1.29, 1.82) is 0 Å². The van der Waals surface area contributed by atoms with E-state index in [1.807, 2.05) is 18.2 Å². The van der Waals surface area contributed by atoms with Crippen LogP contribution in [0.15, 0.2) is 53.0 Å². The smallest absolute Gasteiger partial charge is 0.479 e. The van der Waals surface area contributed by atoms with Crippen LogP contribution in [0.25, 0.3) is 0 Å². The normalized spacial score (nSPS) is 13.1. The molecule has 0 saturated carbocycles. The number of benzene rings is 2. The van der Waals surface area contributed by atoms with E-state index in [0.29, 0.717) is 5.56 Å². The molecule has 0 bridgehead atoms. The number of halogens is 1. The van der Waals surface area contributed by atoms with Crippen LogP contribution in [0.2, 0.25) is 0 Å². The summed E-state index contributed by atoms with van der Waals surface area (Å²) >= 11 is 3.36. The topological polar surface area (TPSA) is 125 Å². The van der Waals surface area contributed by atoms with Gasteiger partial charge in [-0.2, -0.15) is 0 Å². The van der Waals surface area contributed by atoms with E-state index in [-0.39, 0.29) is 18.8 Å². The maximum Gasteiger partial charge on any atom is 0.514 e. The van der Waals surface area contributed by atoms with Gasteiger partial charge < -0.3 is 25.1 Å². The number of aliphatic carboxylic acids is 1. The highest BCUT2D eigenvalue weighted by atomic mass is 79.9. The summed E-state index contributed by atoms with van der Waals surface area (Å²) in [7, 11) is 0. The lowest BCUT2D eigenvalue weighted by atomic mass is 9.91. The number of carboxylic acids is 1. The maximum atomic E-state index is 12.3. The van der Waals surface area contributed by atoms with Crippen molar-refractivity contribution in [2.45, 2.75) is 44.9 Å². The molecule has 0 aromatic heterocycles. The quantitative estimate of drug-likeness (QED) is 0.338. The zero-order valence-corrected chi connectivity index (χ0v) is 19.0. The predicted octanol–water partition coefficient (Wildman–Crippen LogP) is 3.83. The monoisotopic (exact) mass is 493 g/mol. The highest BCUT2D eigenvalue weighted by Crippen LogP contribution is 2.21. The molecule has 0 spiro atoms. The minimum absolute atomic E-state index is 0.0303. The lowest BCUT2D eigenvalue weighted by molar-refractivity contribution is -0.169. The van der Waals surface area contributed by atoms with Gasteiger partial charge in [0.15, 0.2) is 0 Å². The van der Waals surface area contributed by atoms with Gasteiger partial charge in [0.2, 0.25) is 5.54 Å². The molecule has 0 radical (unpaired) electrons. The third-order valence-corrected chi connectivity index (χ3v) is 4.83. The lowest BCUT2D eigenvalue weighted by Gasteiger charge is -2.28. The summed E-state index contributed by atoms with van der Waals surface area (Å²) in [5.74, 6) is -2.35. The van der Waals surface area contributed by atoms with Crippen LogP contribution in [0.3, 0.4) is 0 Å². The van der Waals surface area contributed by atoms with Gasteiger partial charge in [0.25, 0.3) is 0 Å². The summed E-state index contributed by atoms with van der Waals surface area (Å²) in [4.78, 5) is 35.9. The standard InChI is InChI=1S/C22H24BrNO7/c1-21(2,3)31-19(27)22(24,18(25)26)12-14-8-10-16(11-9-14)30-20(28)29-13-15-6-4-5-7-17(15)23/h4-11H,12-13,24H2,1-3H3,(H,25,26)/t22-/m0/s1. The van der Waals surface area contributed by atoms with Crippen molar-refractivity contribution in [1.82, 2.24) is 0 Å². The Morgan fingerprint density at radius 3 is 2.19 bits per heavy atom. The van der Waals surface area contributed by atoms with Gasteiger partial charge in [0.05, 0.1) is 0 Å². The highest BCUT2D eigenvalue weighted by Gasteiger charge is 2.45. The average Bonchev–Trinajstić information content (AvgIpc) is 2.67. The molecule has 0 unspecified atom stereocenters. The van der Waals surface area contributed by atoms with Gasteiger partial charge in [0.1, 0.15) is 18.0 Å². The van der Waals surface area contributed by atoms with Crippen LogP contribution in [0, 0.1) is 0 Å². The number of carboxylic acid groups (broad SMARTS) is 1. The first-order valence-electron chi connectivity index (χ1n) is 9.33. The molecule has 2 aromatic carbocycles. The molecule has 2 rings (SSSR count). The van der Waals surface area contributed by atoms with Crippen molar-refractivity contribution in [2.75, 3.05) is 0 Å². The molecular formula is C22H24BrNO7. The molecule has 0 amide bonds. The van der Waals surface area contributed by atoms with Crippen LogP contribution in [0.5, 0.6) is 5.75 Å². The molecule has 0 aliphatic rings. The first-order valence-corrected chi connectivity index (χ1v) is 10.1. The van der Waals surface area contributed by atoms with Gasteiger partial charge in [-0.05, 0) is 44.5 Å². The second kappa shape index (κ2) is 9.93. The second-order valence-electron chi connectivity index (χ2n) is 7.83. The molecule has 31 heavy (non-hydrogen) atoms. The molecule has 1 atom stereocenters. The molecule has 0 aliphatic heterocycles. The Kier molecular flexibility index (Phi) is 7.80. The first-order chi connectivity index (χ1) is 14.4. The Bertz CT molecular complexity index is 953. The molecule has 0 saturated heterocycles. The third-order valence-electron chi connectivity index (χ3n) is 4.06. The molecule has 3 N–H and O–H groups in total. The number of esters is 1. The Morgan fingerprint density at radius 1 is 1.03 bits per heavy atom. The van der Waals surface area contributed by atoms with Gasteiger partial charge in [-0.15, -0.1) is 0 Å². The second-order valence-corrected chi connectivity index (χ2v) is 8.69. The fourth-order valence-electron chi connectivity index (χ4n) is 2.48. The number of carbonyl (C=O) groups excluding carboxylic acids is 2. The number of hydrogen-bond donors (Lipinski definition) is 2. The van der Waals surface area contributed by atoms with E-state index in [0.717, 1.165) is 10.0 Å². The minimum atomic E-state index is -2.25. The molecule has 8 nitrogen and oxygen atoms in total. The van der Waals surface area contributed by atoms with E-state index >= 15 is 0 Å². The van der Waals surface area contributed by atoms with Gasteiger partial charge in [0, 0.05) is 16.5 Å². The van der Waals surface area contributed by atoms with Crippen molar-refractivity contribution < 1.29 is 33.7 Å². The zero-order chi connectivity index (χ0) is 23.2. The molecule has 0 fully saturated rings. The summed E-state index contributed by atoms with van der Waals surface area (Å²) < 4.78 is 16.1. The van der Waals surface area contributed by atoms with E-state index in [1.54, 1.807) is 26.8 Å². The van der Waals surface area contributed by atoms with Gasteiger partial charge in [-0.3, -0.25) is 0 Å². The van der Waals surface area contributed by atoms with Crippen LogP contribution in [-0.2, 0) is 32.1 Å². The number of nitrogens with two attached hydrogens (primary N) is 1. The third kappa shape index (κ3) is 7.08. The summed E-state index contributed by atoms with van der Waals surface area (Å²) in [6, 6.07) is 13.2. The number of carbonyl (C=O) groups is 3. The fraction of sp³-hybridized carbons (Fsp3) is 0.318. The molecule has 166 valence electrons. The Labute approximate surface area is 188 Å². The van der Waals surface area contributed by atoms with E-state index in [4.69, 9.17) is 19.9 Å². The summed E-state index contributed by atoms with van der Waals surface area (Å²) in [6.07, 6.45) is -1.19. The van der Waals surface area contributed by atoms with Crippen LogP contribution in [0.4, 0.5) is 4.79 Å². The van der Waals surface area contributed by atoms with E-state index in [1.165, 1.54) is 24.3 Å². The average molecular weight is 494 g/mol. The number of rotatable bonds is 7. The van der Waals surface area contributed by atoms with Crippen LogP contribution < -0.4 is 10.5 Å². The molecular weight excluding hydrogens is 470 g/mol. The maximum absolute atomic E-state index is 12.3. The lowest BCUT2D eigenvalue weighted by Crippen LogP contribution is -2.58. The Morgan fingerprint density at radius 2 is 1.65 bits per heavy atom. The fourth-order valence-corrected chi connectivity index (χ4v) is 2.88. The van der Waals surface area contributed by atoms with Crippen molar-refractivity contribution in [2.24, 2.45) is 5.73 Å². The SMILES string of the molecule is CC(C)(C)OC(=O)[C@](N)(Cc1ccc(OC(=O)OCc2ccccc2Br)cc1)C(=O)O. The van der Waals surface area contributed by atoms with Crippen molar-refractivity contribution in [3.8, 4) is 5.75 Å². The van der Waals surface area contributed by atoms with E-state index in [9.17, 15) is 19.5 Å². The van der Waals surface area contributed by atoms with E-state index in [2.05, 4.69) is 15.9 Å². The Balaban J connectivity index is 2.00. The first kappa shape index (κ1) is 24.4. The number of ether oxygens (including phenoxy) is 3. The molecule has 9 heteroatoms. The Hall–Kier alpha value is -2.91. The molecule has 2 aromatic rings. The van der Waals surface area contributed by atoms with Crippen molar-refractivity contribution >= 4 is 34.0 Å². The highest BCUT2D eigenvalue weighted by molar-refractivity contribution is 9.10. The summed E-state index contributed by atoms with van der Waals surface area (Å²) in [5.41, 5.74) is 3.96. The van der Waals surface area contributed by atoms with Gasteiger partial charge in [-0.1, -0.05) is 46.3 Å². The minimum Gasteiger partial charge on any atom is -0.479 e. The molecule has 0 heterocycles. The van der Waals surface area contributed by atoms with Crippen molar-refractivity contribution in [3.05, 3.63) is 64.1 Å². The van der Waals surface area contributed by atoms with Crippen LogP contribution >= 0.6 is 15.9 Å². The van der Waals surface area contributed by atoms with Gasteiger partial charge >= 0.3 is 18.1 Å². The largest absolute Gasteiger partial charge is 0.514 e. The number of hydrogen-bond acceptors (Lipinski definition) is 7. The predicted molar refractivity (Wildman–Crippen MR) is 116 cm³/mol. The zero-order valence-electron chi connectivity index (χ0n) is 17.4.